The SMILES string of the molecule is CC(C)(c1cc(O)c2c(-c3cc(Cl)cc(Cl)c3)coc2c1)C1CCCCC1. The van der Waals surface area contributed by atoms with Crippen LogP contribution in [0.15, 0.2) is 41.0 Å². The van der Waals surface area contributed by atoms with Gasteiger partial charge in [0.15, 0.2) is 0 Å². The predicted octanol–water partition coefficient (Wildman–Crippen LogP) is 7.97. The van der Waals surface area contributed by atoms with Gasteiger partial charge < -0.3 is 9.52 Å². The van der Waals surface area contributed by atoms with Gasteiger partial charge in [-0.3, -0.25) is 0 Å². The molecule has 0 saturated heterocycles. The summed E-state index contributed by atoms with van der Waals surface area (Å²) in [5.41, 5.74) is 3.46. The van der Waals surface area contributed by atoms with Crippen LogP contribution in [0.1, 0.15) is 51.5 Å². The highest BCUT2D eigenvalue weighted by molar-refractivity contribution is 6.35. The first kappa shape index (κ1) is 18.7. The van der Waals surface area contributed by atoms with Crippen molar-refractivity contribution in [2.24, 2.45) is 5.92 Å². The Morgan fingerprint density at radius 2 is 1.63 bits per heavy atom. The topological polar surface area (TPSA) is 33.4 Å². The molecule has 1 aliphatic carbocycles. The average Bonchev–Trinajstić information content (AvgIpc) is 3.06. The molecule has 0 atom stereocenters. The summed E-state index contributed by atoms with van der Waals surface area (Å²) in [5, 5.41) is 12.7. The lowest BCUT2D eigenvalue weighted by molar-refractivity contribution is 0.235. The van der Waals surface area contributed by atoms with Crippen molar-refractivity contribution < 1.29 is 9.52 Å². The second kappa shape index (κ2) is 7.07. The van der Waals surface area contributed by atoms with Gasteiger partial charge in [0.1, 0.15) is 11.3 Å². The Bertz CT molecular complexity index is 961. The highest BCUT2D eigenvalue weighted by atomic mass is 35.5. The van der Waals surface area contributed by atoms with Crippen LogP contribution in [0.5, 0.6) is 5.75 Å². The quantitative estimate of drug-likeness (QED) is 0.481. The Morgan fingerprint density at radius 1 is 0.963 bits per heavy atom. The van der Waals surface area contributed by atoms with Gasteiger partial charge >= 0.3 is 0 Å². The van der Waals surface area contributed by atoms with Gasteiger partial charge in [-0.25, -0.2) is 0 Å². The number of phenols is 1. The second-order valence-corrected chi connectivity index (χ2v) is 9.11. The van der Waals surface area contributed by atoms with E-state index in [4.69, 9.17) is 27.6 Å². The van der Waals surface area contributed by atoms with Crippen molar-refractivity contribution in [3.05, 3.63) is 52.2 Å². The number of benzene rings is 2. The molecule has 1 heterocycles. The first-order valence-corrected chi connectivity index (χ1v) is 10.3. The molecule has 1 fully saturated rings. The van der Waals surface area contributed by atoms with Crippen LogP contribution in [0, 0.1) is 5.92 Å². The summed E-state index contributed by atoms with van der Waals surface area (Å²) in [6, 6.07) is 9.34. The minimum Gasteiger partial charge on any atom is -0.507 e. The summed E-state index contributed by atoms with van der Waals surface area (Å²) in [6.45, 7) is 4.56. The molecule has 1 saturated carbocycles. The van der Waals surface area contributed by atoms with E-state index in [1.165, 1.54) is 32.1 Å². The molecule has 27 heavy (non-hydrogen) atoms. The van der Waals surface area contributed by atoms with Gasteiger partial charge in [0.05, 0.1) is 11.6 Å². The Morgan fingerprint density at radius 3 is 2.30 bits per heavy atom. The maximum absolute atomic E-state index is 10.9. The summed E-state index contributed by atoms with van der Waals surface area (Å²) < 4.78 is 5.84. The maximum atomic E-state index is 10.9. The zero-order valence-corrected chi connectivity index (χ0v) is 17.2. The Labute approximate surface area is 170 Å². The van der Waals surface area contributed by atoms with E-state index in [0.29, 0.717) is 26.9 Å². The minimum atomic E-state index is -0.00158. The van der Waals surface area contributed by atoms with Gasteiger partial charge in [-0.2, -0.15) is 0 Å². The van der Waals surface area contributed by atoms with E-state index in [1.807, 2.05) is 18.2 Å². The Hall–Kier alpha value is -1.64. The molecule has 0 amide bonds. The van der Waals surface area contributed by atoms with Crippen molar-refractivity contribution in [1.29, 1.82) is 0 Å². The lowest BCUT2D eigenvalue weighted by Crippen LogP contribution is -2.30. The van der Waals surface area contributed by atoms with Gasteiger partial charge in [-0.05, 0) is 65.6 Å². The molecular weight excluding hydrogens is 379 g/mol. The number of hydrogen-bond donors (Lipinski definition) is 1. The molecule has 0 unspecified atom stereocenters. The maximum Gasteiger partial charge on any atom is 0.138 e. The third-order valence-corrected chi connectivity index (χ3v) is 6.63. The highest BCUT2D eigenvalue weighted by Crippen LogP contribution is 2.45. The van der Waals surface area contributed by atoms with Crippen LogP contribution in [-0.2, 0) is 5.41 Å². The third kappa shape index (κ3) is 3.46. The Balaban J connectivity index is 1.80. The van der Waals surface area contributed by atoms with Crippen molar-refractivity contribution in [2.45, 2.75) is 51.4 Å². The number of rotatable bonds is 3. The molecule has 1 aliphatic rings. The van der Waals surface area contributed by atoms with Crippen LogP contribution in [0.4, 0.5) is 0 Å². The van der Waals surface area contributed by atoms with Crippen LogP contribution in [0.25, 0.3) is 22.1 Å². The second-order valence-electron chi connectivity index (χ2n) is 8.23. The highest BCUT2D eigenvalue weighted by Gasteiger charge is 2.33. The van der Waals surface area contributed by atoms with Gasteiger partial charge in [-0.1, -0.05) is 56.3 Å². The summed E-state index contributed by atoms with van der Waals surface area (Å²) >= 11 is 12.3. The molecule has 4 rings (SSSR count). The summed E-state index contributed by atoms with van der Waals surface area (Å²) in [5.74, 6) is 0.871. The molecule has 3 aromatic rings. The van der Waals surface area contributed by atoms with Gasteiger partial charge in [-0.15, -0.1) is 0 Å². The predicted molar refractivity (Wildman–Crippen MR) is 113 cm³/mol. The van der Waals surface area contributed by atoms with E-state index < -0.39 is 0 Å². The summed E-state index contributed by atoms with van der Waals surface area (Å²) in [7, 11) is 0. The lowest BCUT2D eigenvalue weighted by Gasteiger charge is -2.37. The zero-order valence-electron chi connectivity index (χ0n) is 15.7. The van der Waals surface area contributed by atoms with Gasteiger partial charge in [0.25, 0.3) is 0 Å². The first-order valence-electron chi connectivity index (χ1n) is 9.57. The average molecular weight is 403 g/mol. The molecule has 1 aromatic heterocycles. The van der Waals surface area contributed by atoms with Crippen molar-refractivity contribution in [3.8, 4) is 16.9 Å². The fourth-order valence-electron chi connectivity index (χ4n) is 4.50. The fourth-order valence-corrected chi connectivity index (χ4v) is 5.03. The smallest absolute Gasteiger partial charge is 0.138 e. The van der Waals surface area contributed by atoms with Gasteiger partial charge in [0, 0.05) is 15.6 Å². The largest absolute Gasteiger partial charge is 0.507 e. The minimum absolute atomic E-state index is 0.00158. The normalized spacial score (nSPS) is 16.1. The molecular formula is C23H24Cl2O2. The molecule has 142 valence electrons. The number of halogens is 2. The van der Waals surface area contributed by atoms with E-state index in [0.717, 1.165) is 16.7 Å². The standard InChI is InChI=1S/C23H24Cl2O2/c1-23(2,15-6-4-3-5-7-15)16-10-20(26)22-19(13-27-21(22)11-16)14-8-17(24)12-18(25)9-14/h8-13,15,26H,3-7H2,1-2H3. The van der Waals surface area contributed by atoms with Crippen LogP contribution in [-0.4, -0.2) is 5.11 Å². The molecule has 0 aliphatic heterocycles. The zero-order chi connectivity index (χ0) is 19.2. The number of aromatic hydroxyl groups is 1. The molecule has 4 heteroatoms. The van der Waals surface area contributed by atoms with Crippen LogP contribution >= 0.6 is 23.2 Å². The van der Waals surface area contributed by atoms with Crippen LogP contribution in [0.2, 0.25) is 10.0 Å². The number of fused-ring (bicyclic) bond motifs is 1. The van der Waals surface area contributed by atoms with Crippen molar-refractivity contribution in [1.82, 2.24) is 0 Å². The third-order valence-electron chi connectivity index (χ3n) is 6.20. The number of phenolic OH excluding ortho intramolecular Hbond substituents is 1. The van der Waals surface area contributed by atoms with E-state index >= 15 is 0 Å². The van der Waals surface area contributed by atoms with Crippen molar-refractivity contribution >= 4 is 34.2 Å². The first-order chi connectivity index (χ1) is 12.9. The monoisotopic (exact) mass is 402 g/mol. The molecule has 2 nitrogen and oxygen atoms in total. The van der Waals surface area contributed by atoms with Crippen molar-refractivity contribution in [3.63, 3.8) is 0 Å². The number of furan rings is 1. The van der Waals surface area contributed by atoms with E-state index in [1.54, 1.807) is 12.3 Å². The molecule has 2 aromatic carbocycles. The summed E-state index contributed by atoms with van der Waals surface area (Å²) in [4.78, 5) is 0. The van der Waals surface area contributed by atoms with Crippen molar-refractivity contribution in [2.75, 3.05) is 0 Å². The van der Waals surface area contributed by atoms with Gasteiger partial charge in [0.2, 0.25) is 0 Å². The molecule has 0 radical (unpaired) electrons. The summed E-state index contributed by atoms with van der Waals surface area (Å²) in [6.07, 6.45) is 8.09. The number of hydrogen-bond acceptors (Lipinski definition) is 2. The lowest BCUT2D eigenvalue weighted by atomic mass is 9.67. The molecule has 0 spiro atoms. The van der Waals surface area contributed by atoms with E-state index in [2.05, 4.69) is 19.9 Å². The molecule has 0 bridgehead atoms. The van der Waals surface area contributed by atoms with E-state index in [-0.39, 0.29) is 11.2 Å². The Kier molecular flexibility index (Phi) is 4.90. The fraction of sp³-hybridized carbons (Fsp3) is 0.391. The van der Waals surface area contributed by atoms with E-state index in [9.17, 15) is 5.11 Å². The molecule has 1 N–H and O–H groups in total. The van der Waals surface area contributed by atoms with Crippen LogP contribution in [0.3, 0.4) is 0 Å². The van der Waals surface area contributed by atoms with Crippen LogP contribution < -0.4 is 0 Å².